The zero-order chi connectivity index (χ0) is 15.6. The topological polar surface area (TPSA) is 12.0 Å². The van der Waals surface area contributed by atoms with E-state index in [9.17, 15) is 0 Å². The molecule has 1 aliphatic carbocycles. The summed E-state index contributed by atoms with van der Waals surface area (Å²) in [6.07, 6.45) is 4.84. The van der Waals surface area contributed by atoms with Crippen molar-refractivity contribution in [3.8, 4) is 0 Å². The number of hydrogen-bond donors (Lipinski definition) is 1. The van der Waals surface area contributed by atoms with Crippen LogP contribution < -0.4 is 5.32 Å². The molecular formula is C18H27Cl2N. The third kappa shape index (κ3) is 4.15. The summed E-state index contributed by atoms with van der Waals surface area (Å²) >= 11 is 12.5. The number of benzene rings is 1. The second-order valence-corrected chi connectivity index (χ2v) is 8.23. The van der Waals surface area contributed by atoms with Crippen LogP contribution in [0.3, 0.4) is 0 Å². The third-order valence-corrected chi connectivity index (χ3v) is 5.95. The first-order chi connectivity index (χ1) is 9.82. The number of nitrogens with one attached hydrogen (secondary N) is 1. The van der Waals surface area contributed by atoms with Crippen LogP contribution in [0.2, 0.25) is 10.0 Å². The third-order valence-electron chi connectivity index (χ3n) is 5.09. The molecule has 3 atom stereocenters. The molecule has 1 saturated carbocycles. The largest absolute Gasteiger partial charge is 0.317 e. The van der Waals surface area contributed by atoms with Gasteiger partial charge < -0.3 is 5.32 Å². The van der Waals surface area contributed by atoms with Gasteiger partial charge in [0, 0.05) is 6.04 Å². The Bertz CT molecular complexity index is 479. The summed E-state index contributed by atoms with van der Waals surface area (Å²) in [7, 11) is 2.08. The first-order valence-corrected chi connectivity index (χ1v) is 8.68. The minimum absolute atomic E-state index is 0.384. The lowest BCUT2D eigenvalue weighted by Gasteiger charge is -2.42. The fourth-order valence-electron chi connectivity index (χ4n) is 3.64. The molecule has 1 fully saturated rings. The van der Waals surface area contributed by atoms with E-state index < -0.39 is 0 Å². The van der Waals surface area contributed by atoms with E-state index in [1.165, 1.54) is 24.8 Å². The summed E-state index contributed by atoms with van der Waals surface area (Å²) in [5, 5.41) is 4.90. The first-order valence-electron chi connectivity index (χ1n) is 7.93. The van der Waals surface area contributed by atoms with Crippen LogP contribution in [0.25, 0.3) is 0 Å². The first kappa shape index (κ1) is 17.1. The fraction of sp³-hybridized carbons (Fsp3) is 0.667. The van der Waals surface area contributed by atoms with Crippen LogP contribution in [0, 0.1) is 17.3 Å². The maximum absolute atomic E-state index is 6.38. The molecule has 0 bridgehead atoms. The molecule has 0 heterocycles. The Kier molecular flexibility index (Phi) is 5.62. The Labute approximate surface area is 139 Å². The lowest BCUT2D eigenvalue weighted by atomic mass is 9.66. The molecule has 3 heteroatoms. The van der Waals surface area contributed by atoms with Gasteiger partial charge in [-0.15, -0.1) is 0 Å². The predicted octanol–water partition coefficient (Wildman–Crippen LogP) is 5.59. The second kappa shape index (κ2) is 6.89. The molecular weight excluding hydrogens is 301 g/mol. The maximum Gasteiger partial charge on any atom is 0.0624 e. The summed E-state index contributed by atoms with van der Waals surface area (Å²) in [6, 6.07) is 6.56. The van der Waals surface area contributed by atoms with E-state index in [1.807, 2.05) is 12.1 Å². The van der Waals surface area contributed by atoms with Crippen LogP contribution in [0.4, 0.5) is 0 Å². The van der Waals surface area contributed by atoms with Gasteiger partial charge in [-0.3, -0.25) is 0 Å². The van der Waals surface area contributed by atoms with Gasteiger partial charge in [-0.2, -0.15) is 0 Å². The SMILES string of the molecule is CNC1CCC(C(C)(C)C)CC1Cc1cccc(Cl)c1Cl. The highest BCUT2D eigenvalue weighted by molar-refractivity contribution is 6.42. The van der Waals surface area contributed by atoms with E-state index in [0.717, 1.165) is 17.4 Å². The van der Waals surface area contributed by atoms with Crippen LogP contribution in [-0.2, 0) is 6.42 Å². The smallest absolute Gasteiger partial charge is 0.0624 e. The number of hydrogen-bond acceptors (Lipinski definition) is 1. The van der Waals surface area contributed by atoms with Gasteiger partial charge in [0.05, 0.1) is 10.0 Å². The van der Waals surface area contributed by atoms with Gasteiger partial charge in [0.2, 0.25) is 0 Å². The molecule has 1 aromatic carbocycles. The summed E-state index contributed by atoms with van der Waals surface area (Å²) in [6.45, 7) is 7.09. The predicted molar refractivity (Wildman–Crippen MR) is 93.3 cm³/mol. The highest BCUT2D eigenvalue weighted by Gasteiger charge is 2.35. The molecule has 1 aliphatic rings. The molecule has 2 rings (SSSR count). The second-order valence-electron chi connectivity index (χ2n) is 7.45. The van der Waals surface area contributed by atoms with Gasteiger partial charge >= 0.3 is 0 Å². The summed E-state index contributed by atoms with van der Waals surface area (Å²) < 4.78 is 0. The summed E-state index contributed by atoms with van der Waals surface area (Å²) in [5.41, 5.74) is 1.57. The maximum atomic E-state index is 6.38. The van der Waals surface area contributed by atoms with Crippen molar-refractivity contribution in [2.75, 3.05) is 7.05 Å². The average Bonchev–Trinajstić information content (AvgIpc) is 2.43. The Morgan fingerprint density at radius 1 is 1.19 bits per heavy atom. The molecule has 0 spiro atoms. The highest BCUT2D eigenvalue weighted by atomic mass is 35.5. The van der Waals surface area contributed by atoms with Gasteiger partial charge in [-0.05, 0) is 61.6 Å². The van der Waals surface area contributed by atoms with Gasteiger partial charge in [0.15, 0.2) is 0 Å². The lowest BCUT2D eigenvalue weighted by molar-refractivity contribution is 0.117. The normalized spacial score (nSPS) is 26.9. The van der Waals surface area contributed by atoms with Crippen molar-refractivity contribution in [2.45, 2.75) is 52.5 Å². The summed E-state index contributed by atoms with van der Waals surface area (Å²) in [4.78, 5) is 0. The summed E-state index contributed by atoms with van der Waals surface area (Å²) in [5.74, 6) is 1.41. The molecule has 118 valence electrons. The monoisotopic (exact) mass is 327 g/mol. The van der Waals surface area contributed by atoms with Crippen LogP contribution in [0.5, 0.6) is 0 Å². The van der Waals surface area contributed by atoms with Crippen molar-refractivity contribution in [3.05, 3.63) is 33.8 Å². The van der Waals surface area contributed by atoms with Crippen LogP contribution in [0.15, 0.2) is 18.2 Å². The van der Waals surface area contributed by atoms with E-state index in [1.54, 1.807) is 0 Å². The Balaban J connectivity index is 2.16. The van der Waals surface area contributed by atoms with E-state index in [4.69, 9.17) is 23.2 Å². The number of rotatable bonds is 3. The number of halogens is 2. The Morgan fingerprint density at radius 3 is 2.52 bits per heavy atom. The van der Waals surface area contributed by atoms with E-state index >= 15 is 0 Å². The van der Waals surface area contributed by atoms with Crippen molar-refractivity contribution < 1.29 is 0 Å². The average molecular weight is 328 g/mol. The van der Waals surface area contributed by atoms with Crippen LogP contribution in [-0.4, -0.2) is 13.1 Å². The quantitative estimate of drug-likeness (QED) is 0.763. The Hall–Kier alpha value is -0.240. The molecule has 0 amide bonds. The van der Waals surface area contributed by atoms with E-state index in [-0.39, 0.29) is 0 Å². The molecule has 1 nitrogen and oxygen atoms in total. The minimum Gasteiger partial charge on any atom is -0.317 e. The van der Waals surface area contributed by atoms with Crippen LogP contribution in [0.1, 0.15) is 45.6 Å². The minimum atomic E-state index is 0.384. The van der Waals surface area contributed by atoms with E-state index in [2.05, 4.69) is 39.2 Å². The molecule has 0 aliphatic heterocycles. The lowest BCUT2D eigenvalue weighted by Crippen LogP contribution is -2.42. The van der Waals surface area contributed by atoms with Crippen molar-refractivity contribution in [1.82, 2.24) is 5.32 Å². The molecule has 3 unspecified atom stereocenters. The van der Waals surface area contributed by atoms with Gasteiger partial charge in [-0.1, -0.05) is 56.1 Å². The molecule has 21 heavy (non-hydrogen) atoms. The zero-order valence-corrected chi connectivity index (χ0v) is 15.1. The van der Waals surface area contributed by atoms with Crippen molar-refractivity contribution >= 4 is 23.2 Å². The van der Waals surface area contributed by atoms with Crippen molar-refractivity contribution in [2.24, 2.45) is 17.3 Å². The molecule has 0 radical (unpaired) electrons. The molecule has 0 saturated heterocycles. The van der Waals surface area contributed by atoms with Crippen molar-refractivity contribution in [1.29, 1.82) is 0 Å². The standard InChI is InChI=1S/C18H27Cl2N/c1-18(2,3)14-8-9-16(21-4)13(11-14)10-12-6-5-7-15(19)17(12)20/h5-7,13-14,16,21H,8-11H2,1-4H3. The van der Waals surface area contributed by atoms with Gasteiger partial charge in [0.25, 0.3) is 0 Å². The van der Waals surface area contributed by atoms with Crippen molar-refractivity contribution in [3.63, 3.8) is 0 Å². The van der Waals surface area contributed by atoms with E-state index in [0.29, 0.717) is 22.4 Å². The zero-order valence-electron chi connectivity index (χ0n) is 13.5. The molecule has 1 aromatic rings. The van der Waals surface area contributed by atoms with Crippen LogP contribution >= 0.6 is 23.2 Å². The van der Waals surface area contributed by atoms with Gasteiger partial charge in [0.1, 0.15) is 0 Å². The van der Waals surface area contributed by atoms with Gasteiger partial charge in [-0.25, -0.2) is 0 Å². The fourth-order valence-corrected chi connectivity index (χ4v) is 4.04. The highest BCUT2D eigenvalue weighted by Crippen LogP contribution is 2.42. The Morgan fingerprint density at radius 2 is 1.90 bits per heavy atom. The molecule has 0 aromatic heterocycles. The molecule has 1 N–H and O–H groups in total.